The molecule has 0 aromatic heterocycles. The monoisotopic (exact) mass is 263 g/mol. The van der Waals surface area contributed by atoms with E-state index in [1.54, 1.807) is 12.1 Å². The second-order valence-electron chi connectivity index (χ2n) is 5.26. The minimum Gasteiger partial charge on any atom is -0.481 e. The highest BCUT2D eigenvalue weighted by Crippen LogP contribution is 2.50. The fraction of sp³-hybridized carbons (Fsp3) is 0.500. The van der Waals surface area contributed by atoms with Crippen molar-refractivity contribution in [2.75, 3.05) is 0 Å². The van der Waals surface area contributed by atoms with Crippen molar-refractivity contribution in [1.82, 2.24) is 0 Å². The molecule has 0 aliphatic heterocycles. The summed E-state index contributed by atoms with van der Waals surface area (Å²) in [5, 5.41) is 20.3. The summed E-state index contributed by atoms with van der Waals surface area (Å²) in [6, 6.07) is 6.03. The fourth-order valence-electron chi connectivity index (χ4n) is 2.99. The number of carbonyl (C=O) groups is 1. The molecule has 0 unspecified atom stereocenters. The Morgan fingerprint density at radius 2 is 2.21 bits per heavy atom. The number of carboxylic acids is 1. The lowest BCUT2D eigenvalue weighted by Crippen LogP contribution is -2.47. The number of nitro benzene ring substituents is 1. The average molecular weight is 263 g/mol. The second kappa shape index (κ2) is 4.99. The van der Waals surface area contributed by atoms with Crippen LogP contribution in [-0.4, -0.2) is 16.0 Å². The Hall–Kier alpha value is -1.91. The summed E-state index contributed by atoms with van der Waals surface area (Å²) in [4.78, 5) is 21.9. The highest BCUT2D eigenvalue weighted by molar-refractivity contribution is 5.83. The van der Waals surface area contributed by atoms with Gasteiger partial charge in [-0.3, -0.25) is 14.9 Å². The van der Waals surface area contributed by atoms with Gasteiger partial charge >= 0.3 is 5.97 Å². The maximum Gasteiger partial charge on any atom is 0.314 e. The van der Waals surface area contributed by atoms with E-state index in [9.17, 15) is 20.0 Å². The van der Waals surface area contributed by atoms with E-state index in [0.29, 0.717) is 24.3 Å². The molecule has 1 fully saturated rings. The predicted octanol–water partition coefficient (Wildman–Crippen LogP) is 3.13. The van der Waals surface area contributed by atoms with Gasteiger partial charge in [0.05, 0.1) is 10.3 Å². The van der Waals surface area contributed by atoms with Gasteiger partial charge in [0.1, 0.15) is 0 Å². The third kappa shape index (κ3) is 2.32. The number of benzene rings is 1. The molecule has 5 nitrogen and oxygen atoms in total. The van der Waals surface area contributed by atoms with Crippen molar-refractivity contribution in [2.45, 2.75) is 38.0 Å². The quantitative estimate of drug-likeness (QED) is 0.653. The molecule has 0 heterocycles. The third-order valence-electron chi connectivity index (χ3n) is 3.99. The van der Waals surface area contributed by atoms with Gasteiger partial charge in [-0.1, -0.05) is 31.9 Å². The molecular formula is C14H17NO4. The first-order valence-corrected chi connectivity index (χ1v) is 6.48. The molecule has 0 atom stereocenters. The largest absolute Gasteiger partial charge is 0.481 e. The van der Waals surface area contributed by atoms with Crippen LogP contribution < -0.4 is 0 Å². The minimum atomic E-state index is -0.925. The van der Waals surface area contributed by atoms with Crippen LogP contribution in [0.25, 0.3) is 0 Å². The van der Waals surface area contributed by atoms with Crippen molar-refractivity contribution in [3.63, 3.8) is 0 Å². The van der Waals surface area contributed by atoms with Gasteiger partial charge in [-0.15, -0.1) is 0 Å². The molecule has 2 rings (SSSR count). The third-order valence-corrected chi connectivity index (χ3v) is 3.99. The Balaban J connectivity index is 2.29. The van der Waals surface area contributed by atoms with Crippen molar-refractivity contribution in [3.8, 4) is 0 Å². The first kappa shape index (κ1) is 13.5. The maximum atomic E-state index is 11.6. The zero-order chi connectivity index (χ0) is 14.0. The van der Waals surface area contributed by atoms with Crippen LogP contribution in [0.5, 0.6) is 0 Å². The van der Waals surface area contributed by atoms with Gasteiger partial charge in [-0.25, -0.2) is 0 Å². The van der Waals surface area contributed by atoms with Crippen LogP contribution >= 0.6 is 0 Å². The van der Waals surface area contributed by atoms with Crippen LogP contribution in [0.3, 0.4) is 0 Å². The Bertz CT molecular complexity index is 506. The number of nitrogens with zero attached hydrogens (tertiary/aromatic N) is 1. The molecule has 1 saturated carbocycles. The highest BCUT2D eigenvalue weighted by Gasteiger charge is 2.51. The molecule has 1 aromatic rings. The van der Waals surface area contributed by atoms with Crippen LogP contribution in [0.1, 0.15) is 38.2 Å². The number of hydrogen-bond acceptors (Lipinski definition) is 3. The number of non-ortho nitro benzene ring substituents is 1. The lowest BCUT2D eigenvalue weighted by Gasteiger charge is -2.44. The van der Waals surface area contributed by atoms with Gasteiger partial charge in [0.2, 0.25) is 0 Å². The first-order valence-electron chi connectivity index (χ1n) is 6.48. The standard InChI is InChI=1S/C14H17NO4/c1-2-4-10-8-14(9-10,13(16)17)11-5-3-6-12(7-11)15(18)19/h3,5-7,10H,2,4,8-9H2,1H3,(H,16,17). The van der Waals surface area contributed by atoms with E-state index in [1.807, 2.05) is 0 Å². The van der Waals surface area contributed by atoms with E-state index in [0.717, 1.165) is 12.8 Å². The normalized spacial score (nSPS) is 25.6. The van der Waals surface area contributed by atoms with Crippen molar-refractivity contribution in [2.24, 2.45) is 5.92 Å². The van der Waals surface area contributed by atoms with Crippen molar-refractivity contribution in [3.05, 3.63) is 39.9 Å². The summed E-state index contributed by atoms with van der Waals surface area (Å²) < 4.78 is 0. The van der Waals surface area contributed by atoms with Crippen LogP contribution in [-0.2, 0) is 10.2 Å². The molecule has 1 aromatic carbocycles. The summed E-state index contributed by atoms with van der Waals surface area (Å²) in [7, 11) is 0. The SMILES string of the molecule is CCCC1CC(C(=O)O)(c2cccc([N+](=O)[O-])c2)C1. The Morgan fingerprint density at radius 3 is 2.74 bits per heavy atom. The van der Waals surface area contributed by atoms with E-state index in [2.05, 4.69) is 6.92 Å². The Morgan fingerprint density at radius 1 is 1.53 bits per heavy atom. The smallest absolute Gasteiger partial charge is 0.314 e. The molecular weight excluding hydrogens is 246 g/mol. The fourth-order valence-corrected chi connectivity index (χ4v) is 2.99. The summed E-state index contributed by atoms with van der Waals surface area (Å²) in [6.45, 7) is 2.08. The summed E-state index contributed by atoms with van der Waals surface area (Å²) in [5.74, 6) is -0.458. The van der Waals surface area contributed by atoms with Crippen LogP contribution in [0, 0.1) is 16.0 Å². The van der Waals surface area contributed by atoms with E-state index in [1.165, 1.54) is 12.1 Å². The molecule has 19 heavy (non-hydrogen) atoms. The maximum absolute atomic E-state index is 11.6. The summed E-state index contributed by atoms with van der Waals surface area (Å²) >= 11 is 0. The van der Waals surface area contributed by atoms with Crippen LogP contribution in [0.4, 0.5) is 5.69 Å². The number of rotatable bonds is 5. The molecule has 0 saturated heterocycles. The van der Waals surface area contributed by atoms with Crippen LogP contribution in [0.2, 0.25) is 0 Å². The van der Waals surface area contributed by atoms with Gasteiger partial charge in [-0.05, 0) is 24.3 Å². The predicted molar refractivity (Wildman–Crippen MR) is 70.0 cm³/mol. The molecule has 1 aliphatic carbocycles. The lowest BCUT2D eigenvalue weighted by molar-refractivity contribution is -0.385. The molecule has 0 amide bonds. The number of hydrogen-bond donors (Lipinski definition) is 1. The zero-order valence-corrected chi connectivity index (χ0v) is 10.8. The van der Waals surface area contributed by atoms with Crippen LogP contribution in [0.15, 0.2) is 24.3 Å². The van der Waals surface area contributed by atoms with Gasteiger partial charge in [0.15, 0.2) is 0 Å². The Labute approximate surface area is 111 Å². The van der Waals surface area contributed by atoms with Gasteiger partial charge in [0.25, 0.3) is 5.69 Å². The van der Waals surface area contributed by atoms with Gasteiger partial charge in [0, 0.05) is 12.1 Å². The Kier molecular flexibility index (Phi) is 3.55. The highest BCUT2D eigenvalue weighted by atomic mass is 16.6. The number of nitro groups is 1. The first-order chi connectivity index (χ1) is 8.99. The van der Waals surface area contributed by atoms with Crippen molar-refractivity contribution < 1.29 is 14.8 Å². The molecule has 0 bridgehead atoms. The van der Waals surface area contributed by atoms with Gasteiger partial charge in [-0.2, -0.15) is 0 Å². The van der Waals surface area contributed by atoms with E-state index >= 15 is 0 Å². The number of aliphatic carboxylic acids is 1. The molecule has 0 spiro atoms. The number of carboxylic acid groups (broad SMARTS) is 1. The molecule has 5 heteroatoms. The zero-order valence-electron chi connectivity index (χ0n) is 10.8. The molecule has 1 N–H and O–H groups in total. The summed E-state index contributed by atoms with van der Waals surface area (Å²) in [6.07, 6.45) is 3.22. The minimum absolute atomic E-state index is 0.0444. The topological polar surface area (TPSA) is 80.4 Å². The average Bonchev–Trinajstić information content (AvgIpc) is 2.32. The van der Waals surface area contributed by atoms with Gasteiger partial charge < -0.3 is 5.11 Å². The van der Waals surface area contributed by atoms with E-state index < -0.39 is 16.3 Å². The van der Waals surface area contributed by atoms with Crippen molar-refractivity contribution in [1.29, 1.82) is 0 Å². The van der Waals surface area contributed by atoms with E-state index in [4.69, 9.17) is 0 Å². The van der Waals surface area contributed by atoms with E-state index in [-0.39, 0.29) is 5.69 Å². The molecule has 0 radical (unpaired) electrons. The molecule has 1 aliphatic rings. The summed E-state index contributed by atoms with van der Waals surface area (Å²) in [5.41, 5.74) is -0.412. The molecule has 102 valence electrons. The van der Waals surface area contributed by atoms with Crippen molar-refractivity contribution >= 4 is 11.7 Å². The lowest BCUT2D eigenvalue weighted by atomic mass is 9.57. The second-order valence-corrected chi connectivity index (χ2v) is 5.26.